The van der Waals surface area contributed by atoms with Gasteiger partial charge in [-0.15, -0.1) is 0 Å². The van der Waals surface area contributed by atoms with Gasteiger partial charge >= 0.3 is 0 Å². The molecule has 4 rings (SSSR count). The van der Waals surface area contributed by atoms with Crippen LogP contribution in [0.5, 0.6) is 0 Å². The Labute approximate surface area is 187 Å². The Kier molecular flexibility index (Phi) is 5.77. The molecule has 7 heteroatoms. The third-order valence-corrected chi connectivity index (χ3v) is 7.03. The first-order valence-electron chi connectivity index (χ1n) is 10.0. The number of sulfonamides is 1. The number of benzene rings is 3. The van der Waals surface area contributed by atoms with Crippen molar-refractivity contribution in [3.63, 3.8) is 0 Å². The van der Waals surface area contributed by atoms with Gasteiger partial charge < -0.3 is 4.90 Å². The molecule has 0 radical (unpaired) electrons. The Balaban J connectivity index is 1.65. The van der Waals surface area contributed by atoms with Crippen molar-refractivity contribution in [1.29, 1.82) is 0 Å². The van der Waals surface area contributed by atoms with E-state index in [1.165, 1.54) is 0 Å². The van der Waals surface area contributed by atoms with Gasteiger partial charge in [-0.05, 0) is 85.8 Å². The van der Waals surface area contributed by atoms with E-state index in [9.17, 15) is 13.2 Å². The predicted molar refractivity (Wildman–Crippen MR) is 125 cm³/mol. The lowest BCUT2D eigenvalue weighted by atomic mass is 10.0. The third-order valence-electron chi connectivity index (χ3n) is 5.43. The van der Waals surface area contributed by atoms with E-state index in [2.05, 4.69) is 4.72 Å². The number of nitrogens with one attached hydrogen (secondary N) is 1. The van der Waals surface area contributed by atoms with Gasteiger partial charge in [-0.25, -0.2) is 8.42 Å². The smallest absolute Gasteiger partial charge is 0.261 e. The van der Waals surface area contributed by atoms with Crippen LogP contribution in [-0.2, 0) is 16.4 Å². The van der Waals surface area contributed by atoms with Crippen LogP contribution in [0, 0.1) is 13.8 Å². The second kappa shape index (κ2) is 8.36. The summed E-state index contributed by atoms with van der Waals surface area (Å²) in [4.78, 5) is 14.9. The van der Waals surface area contributed by atoms with Crippen molar-refractivity contribution in [2.45, 2.75) is 31.6 Å². The molecule has 1 heterocycles. The number of aryl methyl sites for hydroxylation is 3. The number of fused-ring (bicyclic) bond motifs is 1. The van der Waals surface area contributed by atoms with Crippen LogP contribution >= 0.6 is 11.6 Å². The summed E-state index contributed by atoms with van der Waals surface area (Å²) in [7, 11) is -3.75. The normalized spacial score (nSPS) is 13.6. The minimum Gasteiger partial charge on any atom is -0.308 e. The van der Waals surface area contributed by atoms with E-state index >= 15 is 0 Å². The molecule has 0 bridgehead atoms. The first-order chi connectivity index (χ1) is 14.7. The molecule has 160 valence electrons. The first-order valence-corrected chi connectivity index (χ1v) is 11.9. The van der Waals surface area contributed by atoms with Gasteiger partial charge in [0.2, 0.25) is 0 Å². The molecule has 1 N–H and O–H groups in total. The van der Waals surface area contributed by atoms with Gasteiger partial charge in [-0.1, -0.05) is 29.8 Å². The van der Waals surface area contributed by atoms with Crippen molar-refractivity contribution >= 4 is 38.9 Å². The van der Waals surface area contributed by atoms with Crippen LogP contribution in [-0.4, -0.2) is 20.9 Å². The molecule has 0 saturated heterocycles. The molecule has 1 aliphatic rings. The minimum absolute atomic E-state index is 0.146. The topological polar surface area (TPSA) is 66.5 Å². The number of halogens is 1. The molecule has 3 aromatic carbocycles. The highest BCUT2D eigenvalue weighted by Gasteiger charge is 2.26. The number of anilines is 2. The van der Waals surface area contributed by atoms with E-state index in [-0.39, 0.29) is 10.8 Å². The van der Waals surface area contributed by atoms with E-state index < -0.39 is 10.0 Å². The Morgan fingerprint density at radius 3 is 2.61 bits per heavy atom. The number of rotatable bonds is 4. The predicted octanol–water partition coefficient (Wildman–Crippen LogP) is 5.35. The third kappa shape index (κ3) is 4.45. The van der Waals surface area contributed by atoms with E-state index in [1.54, 1.807) is 47.4 Å². The highest BCUT2D eigenvalue weighted by atomic mass is 35.5. The molecule has 5 nitrogen and oxygen atoms in total. The van der Waals surface area contributed by atoms with Crippen LogP contribution in [0.3, 0.4) is 0 Å². The van der Waals surface area contributed by atoms with E-state index in [4.69, 9.17) is 11.6 Å². The summed E-state index contributed by atoms with van der Waals surface area (Å²) in [6, 6.07) is 17.4. The first kappa shape index (κ1) is 21.4. The van der Waals surface area contributed by atoms with Crippen LogP contribution in [0.25, 0.3) is 0 Å². The van der Waals surface area contributed by atoms with Crippen molar-refractivity contribution in [2.24, 2.45) is 0 Å². The highest BCUT2D eigenvalue weighted by Crippen LogP contribution is 2.32. The minimum atomic E-state index is -3.75. The van der Waals surface area contributed by atoms with Gasteiger partial charge in [0, 0.05) is 22.8 Å². The second-order valence-corrected chi connectivity index (χ2v) is 9.90. The van der Waals surface area contributed by atoms with Crippen molar-refractivity contribution in [1.82, 2.24) is 0 Å². The molecule has 0 aromatic heterocycles. The molecule has 3 aromatic rings. The molecule has 0 fully saturated rings. The summed E-state index contributed by atoms with van der Waals surface area (Å²) in [5.74, 6) is -0.146. The molecule has 0 atom stereocenters. The Morgan fingerprint density at radius 1 is 1.03 bits per heavy atom. The summed E-state index contributed by atoms with van der Waals surface area (Å²) < 4.78 is 28.7. The van der Waals surface area contributed by atoms with Gasteiger partial charge in [0.25, 0.3) is 15.9 Å². The van der Waals surface area contributed by atoms with Crippen LogP contribution in [0.4, 0.5) is 11.4 Å². The quantitative estimate of drug-likeness (QED) is 0.577. The van der Waals surface area contributed by atoms with Gasteiger partial charge in [0.1, 0.15) is 0 Å². The Hall–Kier alpha value is -2.83. The van der Waals surface area contributed by atoms with Gasteiger partial charge in [-0.3, -0.25) is 9.52 Å². The number of amides is 1. The molecule has 0 spiro atoms. The number of hydrogen-bond donors (Lipinski definition) is 1. The van der Waals surface area contributed by atoms with Crippen molar-refractivity contribution in [3.05, 3.63) is 87.9 Å². The number of carbonyl (C=O) groups is 1. The molecular weight excluding hydrogens is 432 g/mol. The summed E-state index contributed by atoms with van der Waals surface area (Å²) in [5.41, 5.74) is 4.48. The summed E-state index contributed by atoms with van der Waals surface area (Å²) >= 11 is 6.04. The molecule has 0 saturated carbocycles. The lowest BCUT2D eigenvalue weighted by Crippen LogP contribution is -2.35. The molecule has 1 aliphatic heterocycles. The summed E-state index contributed by atoms with van der Waals surface area (Å²) in [5, 5.41) is 0.502. The summed E-state index contributed by atoms with van der Waals surface area (Å²) in [6.45, 7) is 4.36. The number of carbonyl (C=O) groups excluding carboxylic acids is 1. The fourth-order valence-electron chi connectivity index (χ4n) is 3.78. The Bertz CT molecular complexity index is 1270. The molecule has 0 unspecified atom stereocenters. The van der Waals surface area contributed by atoms with Gasteiger partial charge in [0.15, 0.2) is 0 Å². The van der Waals surface area contributed by atoms with Crippen LogP contribution in [0.2, 0.25) is 5.02 Å². The summed E-state index contributed by atoms with van der Waals surface area (Å²) in [6.07, 6.45) is 1.47. The lowest BCUT2D eigenvalue weighted by molar-refractivity contribution is 0.0985. The maximum Gasteiger partial charge on any atom is 0.261 e. The van der Waals surface area contributed by atoms with Gasteiger partial charge in [-0.2, -0.15) is 0 Å². The van der Waals surface area contributed by atoms with E-state index in [1.807, 2.05) is 32.0 Å². The largest absolute Gasteiger partial charge is 0.308 e. The number of hydrogen-bond acceptors (Lipinski definition) is 3. The van der Waals surface area contributed by atoms with Crippen LogP contribution < -0.4 is 9.62 Å². The standard InChI is InChI=1S/C24H23ClN2O3S/c1-16-8-9-17(2)22(13-16)26-31(29,30)21-10-11-23-18(15-21)6-4-12-27(23)24(28)19-5-3-7-20(25)14-19/h3,5,7-11,13-15,26H,4,6,12H2,1-2H3. The van der Waals surface area contributed by atoms with E-state index in [0.29, 0.717) is 29.2 Å². The fraction of sp³-hybridized carbons (Fsp3) is 0.208. The molecule has 31 heavy (non-hydrogen) atoms. The Morgan fingerprint density at radius 2 is 1.84 bits per heavy atom. The maximum atomic E-state index is 13.0. The van der Waals surface area contributed by atoms with Gasteiger partial charge in [0.05, 0.1) is 10.6 Å². The second-order valence-electron chi connectivity index (χ2n) is 7.79. The van der Waals surface area contributed by atoms with Crippen molar-refractivity contribution < 1.29 is 13.2 Å². The fourth-order valence-corrected chi connectivity index (χ4v) is 5.14. The van der Waals surface area contributed by atoms with Crippen molar-refractivity contribution in [2.75, 3.05) is 16.2 Å². The van der Waals surface area contributed by atoms with E-state index in [0.717, 1.165) is 28.8 Å². The van der Waals surface area contributed by atoms with Crippen LogP contribution in [0.1, 0.15) is 33.5 Å². The average Bonchev–Trinajstić information content (AvgIpc) is 2.75. The zero-order valence-corrected chi connectivity index (χ0v) is 18.9. The highest BCUT2D eigenvalue weighted by molar-refractivity contribution is 7.92. The molecule has 0 aliphatic carbocycles. The van der Waals surface area contributed by atoms with Crippen LogP contribution in [0.15, 0.2) is 65.6 Å². The average molecular weight is 455 g/mol. The van der Waals surface area contributed by atoms with Crippen molar-refractivity contribution in [3.8, 4) is 0 Å². The zero-order chi connectivity index (χ0) is 22.2. The molecular formula is C24H23ClN2O3S. The maximum absolute atomic E-state index is 13.0. The lowest BCUT2D eigenvalue weighted by Gasteiger charge is -2.30. The molecule has 1 amide bonds. The monoisotopic (exact) mass is 454 g/mol. The number of nitrogens with zero attached hydrogens (tertiary/aromatic N) is 1. The zero-order valence-electron chi connectivity index (χ0n) is 17.4. The SMILES string of the molecule is Cc1ccc(C)c(NS(=O)(=O)c2ccc3c(c2)CCCN3C(=O)c2cccc(Cl)c2)c1.